The summed E-state index contributed by atoms with van der Waals surface area (Å²) >= 11 is 0. The summed E-state index contributed by atoms with van der Waals surface area (Å²) in [5, 5.41) is 4.51. The van der Waals surface area contributed by atoms with E-state index in [2.05, 4.69) is 26.6 Å². The van der Waals surface area contributed by atoms with E-state index in [0.717, 1.165) is 39.6 Å². The van der Waals surface area contributed by atoms with Crippen LogP contribution in [0.15, 0.2) is 24.3 Å². The molecule has 0 radical (unpaired) electrons. The molecule has 4 rings (SSSR count). The number of rotatable bonds is 3. The molecule has 0 saturated carbocycles. The van der Waals surface area contributed by atoms with Crippen molar-refractivity contribution in [2.45, 2.75) is 27.3 Å². The molecule has 4 heterocycles. The van der Waals surface area contributed by atoms with E-state index in [1.165, 1.54) is 5.56 Å². The van der Waals surface area contributed by atoms with Gasteiger partial charge in [-0.25, -0.2) is 15.0 Å². The van der Waals surface area contributed by atoms with Crippen LogP contribution in [0.5, 0.6) is 0 Å². The van der Waals surface area contributed by atoms with E-state index >= 15 is 0 Å². The fourth-order valence-electron chi connectivity index (χ4n) is 3.39. The van der Waals surface area contributed by atoms with E-state index in [1.54, 1.807) is 12.1 Å². The molecule has 0 aromatic carbocycles. The van der Waals surface area contributed by atoms with Crippen LogP contribution in [-0.4, -0.2) is 29.3 Å². The van der Waals surface area contributed by atoms with Gasteiger partial charge in [0.1, 0.15) is 23.0 Å². The lowest BCUT2D eigenvalue weighted by molar-refractivity contribution is 0.725. The van der Waals surface area contributed by atoms with Crippen LogP contribution in [-0.2, 0) is 13.6 Å². The van der Waals surface area contributed by atoms with E-state index in [0.29, 0.717) is 18.2 Å². The summed E-state index contributed by atoms with van der Waals surface area (Å²) in [6.07, 6.45) is 0. The molecule has 0 saturated heterocycles. The number of nitrogens with two attached hydrogens (primary N) is 2. The third-order valence-corrected chi connectivity index (χ3v) is 4.92. The lowest BCUT2D eigenvalue weighted by atomic mass is 10.1. The summed E-state index contributed by atoms with van der Waals surface area (Å²) in [5.74, 6) is 1.66. The highest BCUT2D eigenvalue weighted by Gasteiger charge is 2.16. The van der Waals surface area contributed by atoms with Crippen LogP contribution in [0.1, 0.15) is 22.8 Å². The van der Waals surface area contributed by atoms with Crippen molar-refractivity contribution in [1.82, 2.24) is 29.3 Å². The van der Waals surface area contributed by atoms with Crippen LogP contribution in [0.2, 0.25) is 0 Å². The molecule has 8 nitrogen and oxygen atoms in total. The molecule has 4 aromatic heterocycles. The minimum absolute atomic E-state index is 0.373. The number of aromatic nitrogens is 6. The summed E-state index contributed by atoms with van der Waals surface area (Å²) in [4.78, 5) is 13.5. The molecule has 27 heavy (non-hydrogen) atoms. The van der Waals surface area contributed by atoms with Crippen molar-refractivity contribution in [3.63, 3.8) is 0 Å². The molecule has 4 N–H and O–H groups in total. The molecule has 0 spiro atoms. The Morgan fingerprint density at radius 2 is 1.67 bits per heavy atom. The molecule has 0 atom stereocenters. The molecular formula is C19H22N8. The van der Waals surface area contributed by atoms with E-state index in [9.17, 15) is 0 Å². The Morgan fingerprint density at radius 1 is 0.963 bits per heavy atom. The van der Waals surface area contributed by atoms with Crippen molar-refractivity contribution in [2.24, 2.45) is 7.05 Å². The Balaban J connectivity index is 1.85. The Morgan fingerprint density at radius 3 is 2.30 bits per heavy atom. The van der Waals surface area contributed by atoms with Crippen molar-refractivity contribution in [1.29, 1.82) is 0 Å². The minimum atomic E-state index is 0.373. The van der Waals surface area contributed by atoms with Crippen LogP contribution in [0.3, 0.4) is 0 Å². The van der Waals surface area contributed by atoms with Crippen molar-refractivity contribution in [2.75, 3.05) is 11.5 Å². The van der Waals surface area contributed by atoms with Gasteiger partial charge in [0.05, 0.1) is 17.9 Å². The van der Waals surface area contributed by atoms with Gasteiger partial charge in [0.2, 0.25) is 0 Å². The average molecular weight is 362 g/mol. The summed E-state index contributed by atoms with van der Waals surface area (Å²) in [7, 11) is 1.96. The minimum Gasteiger partial charge on any atom is -0.384 e. The molecule has 0 fully saturated rings. The monoisotopic (exact) mass is 362 g/mol. The number of fused-ring (bicyclic) bond motifs is 1. The second-order valence-electron chi connectivity index (χ2n) is 6.76. The second-order valence-corrected chi connectivity index (χ2v) is 6.76. The first-order valence-corrected chi connectivity index (χ1v) is 8.70. The standard InChI is InChI=1S/C19H22N8/c1-10-14(11(2)26(4)25-10)9-27-12(3)22-16-6-5-15(23-19(16)27)13-7-17(20)24-18(21)8-13/h5-8H,9H2,1-4H3,(H4,20,21,24). The molecule has 0 aliphatic rings. The lowest BCUT2D eigenvalue weighted by Gasteiger charge is -2.09. The third-order valence-electron chi connectivity index (χ3n) is 4.92. The fourth-order valence-corrected chi connectivity index (χ4v) is 3.39. The Kier molecular flexibility index (Phi) is 3.83. The molecule has 138 valence electrons. The number of imidazole rings is 1. The number of aryl methyl sites for hydroxylation is 3. The quantitative estimate of drug-likeness (QED) is 0.578. The maximum atomic E-state index is 5.84. The first-order valence-electron chi connectivity index (χ1n) is 8.70. The number of hydrogen-bond donors (Lipinski definition) is 2. The number of hydrogen-bond acceptors (Lipinski definition) is 6. The van der Waals surface area contributed by atoms with Crippen molar-refractivity contribution in [3.05, 3.63) is 47.0 Å². The molecular weight excluding hydrogens is 340 g/mol. The topological polar surface area (TPSA) is 113 Å². The van der Waals surface area contributed by atoms with Gasteiger partial charge >= 0.3 is 0 Å². The molecule has 0 amide bonds. The van der Waals surface area contributed by atoms with Crippen LogP contribution in [0.4, 0.5) is 11.6 Å². The van der Waals surface area contributed by atoms with Crippen molar-refractivity contribution in [3.8, 4) is 11.3 Å². The fraction of sp³-hybridized carbons (Fsp3) is 0.263. The Hall–Kier alpha value is -3.42. The van der Waals surface area contributed by atoms with Gasteiger partial charge in [0.15, 0.2) is 5.65 Å². The zero-order chi connectivity index (χ0) is 19.3. The highest BCUT2D eigenvalue weighted by Crippen LogP contribution is 2.25. The van der Waals surface area contributed by atoms with Gasteiger partial charge in [-0.1, -0.05) is 0 Å². The summed E-state index contributed by atoms with van der Waals surface area (Å²) in [6.45, 7) is 6.76. The third kappa shape index (κ3) is 2.88. The van der Waals surface area contributed by atoms with Crippen LogP contribution in [0, 0.1) is 20.8 Å². The summed E-state index contributed by atoms with van der Waals surface area (Å²) < 4.78 is 4.02. The largest absolute Gasteiger partial charge is 0.384 e. The zero-order valence-electron chi connectivity index (χ0n) is 15.9. The second kappa shape index (κ2) is 6.08. The van der Waals surface area contributed by atoms with Crippen LogP contribution in [0.25, 0.3) is 22.4 Å². The Bertz CT molecular complexity index is 1150. The predicted molar refractivity (Wildman–Crippen MR) is 106 cm³/mol. The van der Waals surface area contributed by atoms with Crippen LogP contribution >= 0.6 is 0 Å². The first kappa shape index (κ1) is 17.0. The van der Waals surface area contributed by atoms with Gasteiger partial charge in [-0.05, 0) is 45.0 Å². The molecule has 8 heteroatoms. The summed E-state index contributed by atoms with van der Waals surface area (Å²) in [5.41, 5.74) is 18.3. The van der Waals surface area contributed by atoms with Gasteiger partial charge in [-0.2, -0.15) is 5.10 Å². The van der Waals surface area contributed by atoms with E-state index in [-0.39, 0.29) is 0 Å². The number of nitrogen functional groups attached to an aromatic ring is 2. The average Bonchev–Trinajstić information content (AvgIpc) is 3.04. The first-order chi connectivity index (χ1) is 12.8. The molecule has 0 aliphatic carbocycles. The molecule has 0 unspecified atom stereocenters. The Labute approximate surface area is 156 Å². The highest BCUT2D eigenvalue weighted by molar-refractivity contribution is 5.77. The van der Waals surface area contributed by atoms with Gasteiger partial charge < -0.3 is 16.0 Å². The predicted octanol–water partition coefficient (Wildman–Crippen LogP) is 2.36. The summed E-state index contributed by atoms with van der Waals surface area (Å²) in [6, 6.07) is 7.44. The van der Waals surface area contributed by atoms with Gasteiger partial charge in [0.25, 0.3) is 0 Å². The van der Waals surface area contributed by atoms with Crippen molar-refractivity contribution >= 4 is 22.8 Å². The van der Waals surface area contributed by atoms with Crippen molar-refractivity contribution < 1.29 is 0 Å². The number of anilines is 2. The van der Waals surface area contributed by atoms with E-state index < -0.39 is 0 Å². The number of nitrogens with zero attached hydrogens (tertiary/aromatic N) is 6. The van der Waals surface area contributed by atoms with Gasteiger partial charge in [0, 0.05) is 23.9 Å². The SMILES string of the molecule is Cc1nn(C)c(C)c1Cn1c(C)nc2ccc(-c3cc(N)nc(N)c3)nc21. The molecule has 4 aromatic rings. The van der Waals surface area contributed by atoms with E-state index in [1.807, 2.05) is 37.7 Å². The van der Waals surface area contributed by atoms with Crippen LogP contribution < -0.4 is 11.5 Å². The maximum Gasteiger partial charge on any atom is 0.160 e. The number of pyridine rings is 2. The molecule has 0 aliphatic heterocycles. The lowest BCUT2D eigenvalue weighted by Crippen LogP contribution is -2.05. The van der Waals surface area contributed by atoms with E-state index in [4.69, 9.17) is 16.5 Å². The molecule has 0 bridgehead atoms. The smallest absolute Gasteiger partial charge is 0.160 e. The zero-order valence-corrected chi connectivity index (χ0v) is 15.9. The highest BCUT2D eigenvalue weighted by atomic mass is 15.3. The maximum absolute atomic E-state index is 5.84. The van der Waals surface area contributed by atoms with Gasteiger partial charge in [-0.15, -0.1) is 0 Å². The van der Waals surface area contributed by atoms with Gasteiger partial charge in [-0.3, -0.25) is 4.68 Å². The normalized spacial score (nSPS) is 11.4.